The van der Waals surface area contributed by atoms with Crippen molar-refractivity contribution in [1.29, 1.82) is 0 Å². The van der Waals surface area contributed by atoms with Crippen molar-refractivity contribution in [2.45, 2.75) is 44.9 Å². The normalized spacial score (nSPS) is 37.2. The topological polar surface area (TPSA) is 26.0 Å². The predicted molar refractivity (Wildman–Crippen MR) is 51.8 cm³/mol. The Hall–Kier alpha value is -0.0400. The second-order valence-electron chi connectivity index (χ2n) is 4.56. The van der Waals surface area contributed by atoms with Crippen molar-refractivity contribution in [3.05, 3.63) is 0 Å². The molecule has 2 fully saturated rings. The monoisotopic (exact) mass is 167 g/mol. The molecule has 12 heavy (non-hydrogen) atoms. The number of fused-ring (bicyclic) bond motifs is 1. The SMILES string of the molecule is NCCCCCCC1C2CCC12. The van der Waals surface area contributed by atoms with Crippen molar-refractivity contribution in [2.75, 3.05) is 6.54 Å². The van der Waals surface area contributed by atoms with Crippen molar-refractivity contribution >= 4 is 0 Å². The zero-order valence-corrected chi connectivity index (χ0v) is 7.97. The highest BCUT2D eigenvalue weighted by Crippen LogP contribution is 2.63. The minimum atomic E-state index is 0.884. The molecule has 1 heteroatoms. The summed E-state index contributed by atoms with van der Waals surface area (Å²) in [5, 5.41) is 0. The lowest BCUT2D eigenvalue weighted by atomic mass is 10.0. The highest BCUT2D eigenvalue weighted by molar-refractivity contribution is 5.04. The van der Waals surface area contributed by atoms with E-state index in [4.69, 9.17) is 5.73 Å². The van der Waals surface area contributed by atoms with Crippen LogP contribution >= 0.6 is 0 Å². The summed E-state index contributed by atoms with van der Waals surface area (Å²) >= 11 is 0. The molecule has 0 amide bonds. The maximum absolute atomic E-state index is 5.44. The van der Waals surface area contributed by atoms with Crippen LogP contribution in [0.15, 0.2) is 0 Å². The summed E-state index contributed by atoms with van der Waals surface area (Å²) in [6.45, 7) is 0.884. The first-order chi connectivity index (χ1) is 5.93. The van der Waals surface area contributed by atoms with E-state index in [1.165, 1.54) is 49.9 Å². The molecule has 1 nitrogen and oxygen atoms in total. The lowest BCUT2D eigenvalue weighted by molar-refractivity contribution is 0.468. The summed E-state index contributed by atoms with van der Waals surface area (Å²) in [6.07, 6.45) is 10.1. The largest absolute Gasteiger partial charge is 0.330 e. The average molecular weight is 167 g/mol. The summed E-state index contributed by atoms with van der Waals surface area (Å²) in [5.74, 6) is 3.56. The van der Waals surface area contributed by atoms with Gasteiger partial charge in [-0.15, -0.1) is 0 Å². The van der Waals surface area contributed by atoms with E-state index >= 15 is 0 Å². The summed E-state index contributed by atoms with van der Waals surface area (Å²) in [5.41, 5.74) is 5.44. The first kappa shape index (κ1) is 8.55. The van der Waals surface area contributed by atoms with Gasteiger partial charge in [-0.2, -0.15) is 0 Å². The molecule has 0 spiro atoms. The van der Waals surface area contributed by atoms with Gasteiger partial charge < -0.3 is 5.73 Å². The molecule has 2 rings (SSSR count). The number of rotatable bonds is 6. The lowest BCUT2D eigenvalue weighted by Crippen LogP contribution is -1.97. The fraction of sp³-hybridized carbons (Fsp3) is 1.00. The van der Waals surface area contributed by atoms with E-state index < -0.39 is 0 Å². The van der Waals surface area contributed by atoms with Crippen LogP contribution in [-0.4, -0.2) is 6.54 Å². The standard InChI is InChI=1S/C11H21N/c12-8-4-2-1-3-5-9-10-6-7-11(9)10/h9-11H,1-8,12H2. The molecule has 0 aromatic rings. The maximum Gasteiger partial charge on any atom is -0.00773 e. The highest BCUT2D eigenvalue weighted by atomic mass is 14.6. The van der Waals surface area contributed by atoms with Crippen molar-refractivity contribution in [3.8, 4) is 0 Å². The minimum Gasteiger partial charge on any atom is -0.330 e. The van der Waals surface area contributed by atoms with E-state index in [0.717, 1.165) is 6.54 Å². The molecule has 0 heterocycles. The molecule has 0 aliphatic heterocycles. The van der Waals surface area contributed by atoms with Gasteiger partial charge in [0.1, 0.15) is 0 Å². The second-order valence-corrected chi connectivity index (χ2v) is 4.56. The Morgan fingerprint density at radius 1 is 0.917 bits per heavy atom. The van der Waals surface area contributed by atoms with Crippen LogP contribution in [0.1, 0.15) is 44.9 Å². The first-order valence-electron chi connectivity index (χ1n) is 5.63. The van der Waals surface area contributed by atoms with Gasteiger partial charge in [0, 0.05) is 0 Å². The molecule has 70 valence electrons. The molecule has 2 saturated carbocycles. The van der Waals surface area contributed by atoms with Crippen molar-refractivity contribution in [2.24, 2.45) is 23.5 Å². The fourth-order valence-corrected chi connectivity index (χ4v) is 2.81. The van der Waals surface area contributed by atoms with Gasteiger partial charge in [0.15, 0.2) is 0 Å². The number of hydrogen-bond acceptors (Lipinski definition) is 1. The molecule has 0 saturated heterocycles. The van der Waals surface area contributed by atoms with Gasteiger partial charge in [0.25, 0.3) is 0 Å². The van der Waals surface area contributed by atoms with Crippen LogP contribution < -0.4 is 5.73 Å². The Morgan fingerprint density at radius 2 is 1.58 bits per heavy atom. The van der Waals surface area contributed by atoms with Gasteiger partial charge in [-0.3, -0.25) is 0 Å². The van der Waals surface area contributed by atoms with Crippen LogP contribution in [0, 0.1) is 17.8 Å². The average Bonchev–Trinajstić information content (AvgIpc) is 2.51. The Labute approximate surface area is 75.7 Å². The van der Waals surface area contributed by atoms with Crippen LogP contribution in [0.5, 0.6) is 0 Å². The van der Waals surface area contributed by atoms with Gasteiger partial charge in [0.05, 0.1) is 0 Å². The van der Waals surface area contributed by atoms with E-state index in [-0.39, 0.29) is 0 Å². The maximum atomic E-state index is 5.44. The summed E-state index contributed by atoms with van der Waals surface area (Å²) < 4.78 is 0. The van der Waals surface area contributed by atoms with Crippen molar-refractivity contribution in [3.63, 3.8) is 0 Å². The lowest BCUT2D eigenvalue weighted by Gasteiger charge is -2.04. The van der Waals surface area contributed by atoms with Gasteiger partial charge in [-0.05, 0) is 50.0 Å². The summed E-state index contributed by atoms with van der Waals surface area (Å²) in [4.78, 5) is 0. The Kier molecular flexibility index (Phi) is 2.69. The molecule has 2 aliphatic carbocycles. The number of unbranched alkanes of at least 4 members (excludes halogenated alkanes) is 3. The van der Waals surface area contributed by atoms with Crippen molar-refractivity contribution < 1.29 is 0 Å². The van der Waals surface area contributed by atoms with Crippen LogP contribution in [-0.2, 0) is 0 Å². The molecule has 0 aromatic heterocycles. The molecular formula is C11H21N. The molecule has 2 aliphatic rings. The summed E-state index contributed by atoms with van der Waals surface area (Å²) in [6, 6.07) is 0. The third kappa shape index (κ3) is 1.66. The van der Waals surface area contributed by atoms with Gasteiger partial charge in [-0.1, -0.05) is 19.3 Å². The van der Waals surface area contributed by atoms with Gasteiger partial charge in [-0.25, -0.2) is 0 Å². The zero-order chi connectivity index (χ0) is 8.39. The van der Waals surface area contributed by atoms with Gasteiger partial charge >= 0.3 is 0 Å². The van der Waals surface area contributed by atoms with E-state index in [9.17, 15) is 0 Å². The molecule has 0 aromatic carbocycles. The third-order valence-corrected chi connectivity index (χ3v) is 3.83. The second kappa shape index (κ2) is 3.78. The zero-order valence-electron chi connectivity index (χ0n) is 7.97. The van der Waals surface area contributed by atoms with Crippen molar-refractivity contribution in [1.82, 2.24) is 0 Å². The molecule has 2 N–H and O–H groups in total. The van der Waals surface area contributed by atoms with E-state index in [1.807, 2.05) is 0 Å². The smallest absolute Gasteiger partial charge is 0.00773 e. The fourth-order valence-electron chi connectivity index (χ4n) is 2.81. The quantitative estimate of drug-likeness (QED) is 0.604. The first-order valence-corrected chi connectivity index (χ1v) is 5.63. The minimum absolute atomic E-state index is 0.884. The number of nitrogens with two attached hydrogens (primary N) is 1. The predicted octanol–water partition coefficient (Wildman–Crippen LogP) is 2.55. The molecule has 0 bridgehead atoms. The van der Waals surface area contributed by atoms with Crippen LogP contribution in [0.4, 0.5) is 0 Å². The van der Waals surface area contributed by atoms with E-state index in [1.54, 1.807) is 12.8 Å². The van der Waals surface area contributed by atoms with Crippen LogP contribution in [0.3, 0.4) is 0 Å². The van der Waals surface area contributed by atoms with Crippen LogP contribution in [0.2, 0.25) is 0 Å². The van der Waals surface area contributed by atoms with E-state index in [2.05, 4.69) is 0 Å². The Balaban J connectivity index is 1.42. The number of hydrogen-bond donors (Lipinski definition) is 1. The summed E-state index contributed by atoms with van der Waals surface area (Å²) in [7, 11) is 0. The van der Waals surface area contributed by atoms with Gasteiger partial charge in [0.2, 0.25) is 0 Å². The molecule has 0 radical (unpaired) electrons. The molecular weight excluding hydrogens is 146 g/mol. The van der Waals surface area contributed by atoms with Crippen LogP contribution in [0.25, 0.3) is 0 Å². The Morgan fingerprint density at radius 3 is 2.17 bits per heavy atom. The highest BCUT2D eigenvalue weighted by Gasteiger charge is 2.55. The Bertz CT molecular complexity index is 134. The molecule has 2 atom stereocenters. The third-order valence-electron chi connectivity index (χ3n) is 3.83. The molecule has 2 unspecified atom stereocenters. The van der Waals surface area contributed by atoms with E-state index in [0.29, 0.717) is 0 Å².